The lowest BCUT2D eigenvalue weighted by Gasteiger charge is -2.24. The highest BCUT2D eigenvalue weighted by molar-refractivity contribution is 7.92. The van der Waals surface area contributed by atoms with E-state index < -0.39 is 21.8 Å². The maximum absolute atomic E-state index is 13.6. The van der Waals surface area contributed by atoms with Gasteiger partial charge in [0.25, 0.3) is 0 Å². The van der Waals surface area contributed by atoms with Gasteiger partial charge in [0.15, 0.2) is 5.78 Å². The Kier molecular flexibility index (Phi) is 7.18. The second-order valence-electron chi connectivity index (χ2n) is 8.46. The van der Waals surface area contributed by atoms with Crippen LogP contribution in [-0.4, -0.2) is 40.1 Å². The van der Waals surface area contributed by atoms with Crippen LogP contribution in [0.4, 0.5) is 10.1 Å². The van der Waals surface area contributed by atoms with E-state index in [0.717, 1.165) is 6.26 Å². The van der Waals surface area contributed by atoms with Gasteiger partial charge in [-0.05, 0) is 55.0 Å². The highest BCUT2D eigenvalue weighted by Crippen LogP contribution is 2.42. The molecule has 9 heteroatoms. The molecule has 192 valence electrons. The first-order valence-electron chi connectivity index (χ1n) is 11.6. The number of benzene rings is 3. The zero-order chi connectivity index (χ0) is 26.9. The predicted molar refractivity (Wildman–Crippen MR) is 141 cm³/mol. The summed E-state index contributed by atoms with van der Waals surface area (Å²) in [5, 5.41) is 0.484. The molecule has 0 unspecified atom stereocenters. The largest absolute Gasteiger partial charge is 0.465 e. The van der Waals surface area contributed by atoms with Crippen LogP contribution in [0.15, 0.2) is 65.1 Å². The van der Waals surface area contributed by atoms with E-state index in [-0.39, 0.29) is 30.1 Å². The van der Waals surface area contributed by atoms with E-state index in [4.69, 9.17) is 9.15 Å². The molecule has 3 aromatic carbocycles. The molecule has 0 saturated heterocycles. The second-order valence-corrected chi connectivity index (χ2v) is 10.4. The van der Waals surface area contributed by atoms with Crippen LogP contribution in [0.3, 0.4) is 0 Å². The number of sulfonamides is 1. The van der Waals surface area contributed by atoms with Crippen molar-refractivity contribution in [3.63, 3.8) is 0 Å². The third-order valence-corrected chi connectivity index (χ3v) is 7.32. The molecule has 0 radical (unpaired) electrons. The molecule has 4 rings (SSSR count). The van der Waals surface area contributed by atoms with Gasteiger partial charge in [-0.3, -0.25) is 9.10 Å². The number of methoxy groups -OCH3 is 1. The monoisotopic (exact) mass is 523 g/mol. The van der Waals surface area contributed by atoms with Gasteiger partial charge in [0, 0.05) is 35.5 Å². The van der Waals surface area contributed by atoms with Gasteiger partial charge in [-0.15, -0.1) is 0 Å². The number of Topliss-reactive ketones (excluding diaryl/α,β-unsaturated/α-hetero) is 1. The Morgan fingerprint density at radius 3 is 2.30 bits per heavy atom. The van der Waals surface area contributed by atoms with Gasteiger partial charge in [0.05, 0.1) is 30.2 Å². The third kappa shape index (κ3) is 4.99. The first kappa shape index (κ1) is 26.1. The van der Waals surface area contributed by atoms with E-state index in [9.17, 15) is 22.4 Å². The Morgan fingerprint density at radius 2 is 1.70 bits per heavy atom. The number of esters is 1. The molecule has 0 spiro atoms. The summed E-state index contributed by atoms with van der Waals surface area (Å²) in [6, 6.07) is 15.5. The molecule has 0 N–H and O–H groups in total. The van der Waals surface area contributed by atoms with Crippen LogP contribution in [0.1, 0.15) is 41.0 Å². The quantitative estimate of drug-likeness (QED) is 0.206. The normalized spacial score (nSPS) is 11.5. The van der Waals surface area contributed by atoms with Crippen LogP contribution < -0.4 is 4.31 Å². The minimum Gasteiger partial charge on any atom is -0.465 e. The summed E-state index contributed by atoms with van der Waals surface area (Å²) >= 11 is 0. The van der Waals surface area contributed by atoms with E-state index >= 15 is 0 Å². The Morgan fingerprint density at radius 1 is 1.00 bits per heavy atom. The fraction of sp³-hybridized carbons (Fsp3) is 0.214. The average molecular weight is 524 g/mol. The lowest BCUT2D eigenvalue weighted by Crippen LogP contribution is -2.29. The standard InChI is InChI=1S/C28H26FNO6S/c1-5-24(31)26-22-15-21(18-8-7-9-19(14-18)28(32)35-3)23(30(6-2)37(4,33)34)16-25(22)36-27(26)17-10-12-20(29)13-11-17/h7-16H,5-6H2,1-4H3. The zero-order valence-electron chi connectivity index (χ0n) is 20.9. The molecule has 0 aliphatic rings. The molecule has 0 bridgehead atoms. The van der Waals surface area contributed by atoms with Crippen LogP contribution >= 0.6 is 0 Å². The summed E-state index contributed by atoms with van der Waals surface area (Å²) in [6.45, 7) is 3.57. The van der Waals surface area contributed by atoms with Crippen LogP contribution in [0.5, 0.6) is 0 Å². The van der Waals surface area contributed by atoms with Gasteiger partial charge in [-0.2, -0.15) is 0 Å². The van der Waals surface area contributed by atoms with Crippen molar-refractivity contribution in [2.45, 2.75) is 20.3 Å². The number of carbonyl (C=O) groups excluding carboxylic acids is 2. The Bertz CT molecular complexity index is 1610. The highest BCUT2D eigenvalue weighted by atomic mass is 32.2. The molecule has 0 amide bonds. The highest BCUT2D eigenvalue weighted by Gasteiger charge is 2.26. The first-order valence-corrected chi connectivity index (χ1v) is 13.5. The van der Waals surface area contributed by atoms with Gasteiger partial charge >= 0.3 is 5.97 Å². The molecule has 0 saturated carbocycles. The van der Waals surface area contributed by atoms with Crippen LogP contribution in [0.25, 0.3) is 33.4 Å². The summed E-state index contributed by atoms with van der Waals surface area (Å²) in [4.78, 5) is 25.3. The van der Waals surface area contributed by atoms with E-state index in [0.29, 0.717) is 38.9 Å². The third-order valence-electron chi connectivity index (χ3n) is 6.06. The molecule has 4 aromatic rings. The van der Waals surface area contributed by atoms with Gasteiger partial charge in [-0.1, -0.05) is 19.1 Å². The fourth-order valence-corrected chi connectivity index (χ4v) is 5.32. The van der Waals surface area contributed by atoms with Crippen molar-refractivity contribution in [3.05, 3.63) is 77.6 Å². The molecular formula is C28H26FNO6S. The van der Waals surface area contributed by atoms with Gasteiger partial charge in [0.2, 0.25) is 10.0 Å². The van der Waals surface area contributed by atoms with Crippen molar-refractivity contribution in [2.24, 2.45) is 0 Å². The van der Waals surface area contributed by atoms with Crippen molar-refractivity contribution in [2.75, 3.05) is 24.2 Å². The Labute approximate surface area is 214 Å². The number of nitrogens with zero attached hydrogens (tertiary/aromatic N) is 1. The van der Waals surface area contributed by atoms with Gasteiger partial charge < -0.3 is 9.15 Å². The van der Waals surface area contributed by atoms with Gasteiger partial charge in [-0.25, -0.2) is 17.6 Å². The molecular weight excluding hydrogens is 497 g/mol. The second kappa shape index (κ2) is 10.2. The number of hydrogen-bond donors (Lipinski definition) is 0. The number of hydrogen-bond acceptors (Lipinski definition) is 6. The predicted octanol–water partition coefficient (Wildman–Crippen LogP) is 6.07. The molecule has 0 fully saturated rings. The average Bonchev–Trinajstić information content (AvgIpc) is 3.25. The van der Waals surface area contributed by atoms with Gasteiger partial charge in [0.1, 0.15) is 17.2 Å². The van der Waals surface area contributed by atoms with E-state index in [1.54, 1.807) is 50.2 Å². The number of rotatable bonds is 8. The van der Waals surface area contributed by atoms with Crippen molar-refractivity contribution < 1.29 is 31.6 Å². The molecule has 1 aromatic heterocycles. The number of furan rings is 1. The number of anilines is 1. The van der Waals surface area contributed by atoms with E-state index in [1.807, 2.05) is 0 Å². The Balaban J connectivity index is 2.09. The summed E-state index contributed by atoms with van der Waals surface area (Å²) in [6.07, 6.45) is 1.30. The van der Waals surface area contributed by atoms with Crippen molar-refractivity contribution in [1.82, 2.24) is 0 Å². The maximum atomic E-state index is 13.6. The van der Waals surface area contributed by atoms with Crippen molar-refractivity contribution >= 4 is 38.4 Å². The lowest BCUT2D eigenvalue weighted by atomic mass is 9.95. The number of ether oxygens (including phenoxy) is 1. The topological polar surface area (TPSA) is 93.9 Å². The molecule has 37 heavy (non-hydrogen) atoms. The molecule has 0 aliphatic carbocycles. The first-order chi connectivity index (χ1) is 17.6. The minimum absolute atomic E-state index is 0.139. The molecule has 0 aliphatic heterocycles. The summed E-state index contributed by atoms with van der Waals surface area (Å²) in [5.74, 6) is -0.875. The molecule has 0 atom stereocenters. The van der Waals surface area contributed by atoms with Crippen LogP contribution in [-0.2, 0) is 14.8 Å². The lowest BCUT2D eigenvalue weighted by molar-refractivity contribution is 0.0600. The summed E-state index contributed by atoms with van der Waals surface area (Å²) in [5.41, 5.74) is 2.81. The number of halogens is 1. The van der Waals surface area contributed by atoms with Crippen molar-refractivity contribution in [1.29, 1.82) is 0 Å². The fourth-order valence-electron chi connectivity index (χ4n) is 4.34. The van der Waals surface area contributed by atoms with Crippen LogP contribution in [0, 0.1) is 5.82 Å². The summed E-state index contributed by atoms with van der Waals surface area (Å²) < 4.78 is 51.2. The minimum atomic E-state index is -3.69. The Hall–Kier alpha value is -3.98. The number of carbonyl (C=O) groups is 2. The zero-order valence-corrected chi connectivity index (χ0v) is 21.7. The maximum Gasteiger partial charge on any atom is 0.337 e. The summed E-state index contributed by atoms with van der Waals surface area (Å²) in [7, 11) is -2.41. The number of fused-ring (bicyclic) bond motifs is 1. The van der Waals surface area contributed by atoms with E-state index in [2.05, 4.69) is 0 Å². The smallest absolute Gasteiger partial charge is 0.337 e. The molecule has 1 heterocycles. The van der Waals surface area contributed by atoms with E-state index in [1.165, 1.54) is 35.7 Å². The molecule has 7 nitrogen and oxygen atoms in total. The van der Waals surface area contributed by atoms with Crippen molar-refractivity contribution in [3.8, 4) is 22.5 Å². The SMILES string of the molecule is CCC(=O)c1c(-c2ccc(F)cc2)oc2cc(N(CC)S(C)(=O)=O)c(-c3cccc(C(=O)OC)c3)cc12. The number of ketones is 1. The van der Waals surface area contributed by atoms with Crippen LogP contribution in [0.2, 0.25) is 0 Å².